The first-order chi connectivity index (χ1) is 14.6. The van der Waals surface area contributed by atoms with Gasteiger partial charge in [-0.05, 0) is 63.0 Å². The van der Waals surface area contributed by atoms with E-state index in [0.29, 0.717) is 5.69 Å². The Kier molecular flexibility index (Phi) is 3.67. The number of rotatable bonds is 2. The molecule has 0 unspecified atom stereocenters. The van der Waals surface area contributed by atoms with Crippen LogP contribution in [0.5, 0.6) is 0 Å². The van der Waals surface area contributed by atoms with E-state index in [4.69, 9.17) is 0 Å². The molecule has 0 N–H and O–H groups in total. The molecule has 2 bridgehead atoms. The van der Waals surface area contributed by atoms with Crippen molar-refractivity contribution in [3.63, 3.8) is 0 Å². The van der Waals surface area contributed by atoms with Crippen LogP contribution >= 0.6 is 22.6 Å². The fourth-order valence-electron chi connectivity index (χ4n) is 5.90. The molecule has 5 heteroatoms. The van der Waals surface area contributed by atoms with Crippen LogP contribution in [-0.2, 0) is 19.8 Å². The zero-order valence-corrected chi connectivity index (χ0v) is 17.9. The summed E-state index contributed by atoms with van der Waals surface area (Å²) in [7, 11) is 0. The average molecular weight is 505 g/mol. The summed E-state index contributed by atoms with van der Waals surface area (Å²) in [4.78, 5) is 41.7. The molecule has 4 nitrogen and oxygen atoms in total. The molecule has 30 heavy (non-hydrogen) atoms. The van der Waals surface area contributed by atoms with E-state index in [1.54, 1.807) is 6.07 Å². The smallest absolute Gasteiger partial charge is 0.239 e. The molecule has 3 aliphatic carbocycles. The molecule has 2 atom stereocenters. The van der Waals surface area contributed by atoms with E-state index in [2.05, 4.69) is 22.6 Å². The minimum absolute atomic E-state index is 0.216. The van der Waals surface area contributed by atoms with Crippen LogP contribution in [0, 0.1) is 15.4 Å². The number of hydrogen-bond donors (Lipinski definition) is 0. The fourth-order valence-corrected chi connectivity index (χ4v) is 6.43. The molecule has 0 spiro atoms. The predicted octanol–water partition coefficient (Wildman–Crippen LogP) is 4.04. The van der Waals surface area contributed by atoms with Crippen molar-refractivity contribution in [2.75, 3.05) is 4.90 Å². The lowest BCUT2D eigenvalue weighted by Crippen LogP contribution is -2.54. The number of anilines is 1. The largest absolute Gasteiger partial charge is 0.302 e. The highest BCUT2D eigenvalue weighted by atomic mass is 127. The van der Waals surface area contributed by atoms with Gasteiger partial charge in [0.1, 0.15) is 6.29 Å². The van der Waals surface area contributed by atoms with Crippen LogP contribution in [0.15, 0.2) is 72.8 Å². The molecule has 3 aromatic rings. The number of nitrogens with zero attached hydrogens (tertiary/aromatic N) is 1. The number of imide groups is 1. The number of carbonyl (C=O) groups excluding carboxylic acids is 3. The van der Waals surface area contributed by atoms with Crippen molar-refractivity contribution >= 4 is 46.4 Å². The zero-order chi connectivity index (χ0) is 20.6. The molecule has 1 saturated heterocycles. The Bertz CT molecular complexity index is 1220. The minimum atomic E-state index is -1.14. The molecule has 0 radical (unpaired) electrons. The summed E-state index contributed by atoms with van der Waals surface area (Å²) in [5, 5.41) is 0. The Morgan fingerprint density at radius 2 is 1.47 bits per heavy atom. The number of amides is 2. The van der Waals surface area contributed by atoms with Crippen molar-refractivity contribution < 1.29 is 14.4 Å². The summed E-state index contributed by atoms with van der Waals surface area (Å²) in [6, 6.07) is 22.9. The maximum absolute atomic E-state index is 13.8. The van der Waals surface area contributed by atoms with Crippen molar-refractivity contribution in [1.82, 2.24) is 0 Å². The van der Waals surface area contributed by atoms with Crippen LogP contribution in [0.25, 0.3) is 0 Å². The van der Waals surface area contributed by atoms with E-state index < -0.39 is 17.3 Å². The second-order valence-electron chi connectivity index (χ2n) is 8.13. The summed E-state index contributed by atoms with van der Waals surface area (Å²) in [6.45, 7) is 0. The predicted molar refractivity (Wildman–Crippen MR) is 120 cm³/mol. The first kappa shape index (κ1) is 18.0. The summed E-state index contributed by atoms with van der Waals surface area (Å²) in [5.41, 5.74) is 3.10. The van der Waals surface area contributed by atoms with Gasteiger partial charge in [-0.1, -0.05) is 54.6 Å². The molecule has 7 rings (SSSR count). The molecular formula is C25H16INO3. The van der Waals surface area contributed by atoms with Gasteiger partial charge >= 0.3 is 0 Å². The van der Waals surface area contributed by atoms with E-state index in [0.717, 1.165) is 32.1 Å². The number of hydrogen-bond acceptors (Lipinski definition) is 3. The summed E-state index contributed by atoms with van der Waals surface area (Å²) in [5.74, 6) is -2.03. The molecule has 1 fully saturated rings. The van der Waals surface area contributed by atoms with Gasteiger partial charge in [0.2, 0.25) is 11.8 Å². The highest BCUT2D eigenvalue weighted by molar-refractivity contribution is 14.1. The maximum atomic E-state index is 13.8. The molecule has 0 aromatic heterocycles. The molecule has 2 amide bonds. The number of aldehydes is 1. The Morgan fingerprint density at radius 1 is 0.833 bits per heavy atom. The highest BCUT2D eigenvalue weighted by Gasteiger charge is 2.68. The van der Waals surface area contributed by atoms with E-state index >= 15 is 0 Å². The minimum Gasteiger partial charge on any atom is -0.302 e. The van der Waals surface area contributed by atoms with E-state index in [-0.39, 0.29) is 17.7 Å². The summed E-state index contributed by atoms with van der Waals surface area (Å²) in [6.07, 6.45) is 0.904. The average Bonchev–Trinajstić information content (AvgIpc) is 3.05. The normalized spacial score (nSPS) is 28.2. The van der Waals surface area contributed by atoms with Crippen molar-refractivity contribution in [3.05, 3.63) is 98.6 Å². The van der Waals surface area contributed by atoms with Gasteiger partial charge in [-0.2, -0.15) is 0 Å². The molecule has 0 saturated carbocycles. The van der Waals surface area contributed by atoms with Crippen molar-refractivity contribution in [1.29, 1.82) is 0 Å². The zero-order valence-electron chi connectivity index (χ0n) is 15.8. The Hall–Kier alpha value is -2.80. The van der Waals surface area contributed by atoms with Crippen molar-refractivity contribution in [2.24, 2.45) is 11.8 Å². The first-order valence-electron chi connectivity index (χ1n) is 9.88. The SMILES string of the molecule is O=CC12c3ccccc3C(c3ccccc31)[C@@H]1C(=O)N(c3cccc(I)c3)C(=O)[C@H]12. The van der Waals surface area contributed by atoms with Gasteiger partial charge in [-0.3, -0.25) is 9.59 Å². The topological polar surface area (TPSA) is 54.5 Å². The number of carbonyl (C=O) groups is 3. The third kappa shape index (κ3) is 1.99. The first-order valence-corrected chi connectivity index (χ1v) is 11.0. The van der Waals surface area contributed by atoms with Gasteiger partial charge < -0.3 is 4.79 Å². The fraction of sp³-hybridized carbons (Fsp3) is 0.160. The molecule has 4 aliphatic rings. The number of benzene rings is 3. The Morgan fingerprint density at radius 3 is 2.07 bits per heavy atom. The molecular weight excluding hydrogens is 489 g/mol. The Labute approximate surface area is 187 Å². The monoisotopic (exact) mass is 505 g/mol. The van der Waals surface area contributed by atoms with Gasteiger partial charge in [-0.25, -0.2) is 4.90 Å². The molecule has 1 heterocycles. The maximum Gasteiger partial charge on any atom is 0.239 e. The lowest BCUT2D eigenvalue weighted by atomic mass is 9.48. The quantitative estimate of drug-likeness (QED) is 0.300. The van der Waals surface area contributed by atoms with Crippen molar-refractivity contribution in [2.45, 2.75) is 11.3 Å². The van der Waals surface area contributed by atoms with Gasteiger partial charge in [0.15, 0.2) is 0 Å². The van der Waals surface area contributed by atoms with Crippen LogP contribution in [0.2, 0.25) is 0 Å². The van der Waals surface area contributed by atoms with Gasteiger partial charge in [0, 0.05) is 9.49 Å². The van der Waals surface area contributed by atoms with E-state index in [1.807, 2.05) is 66.7 Å². The molecule has 1 aliphatic heterocycles. The van der Waals surface area contributed by atoms with Crippen LogP contribution in [0.1, 0.15) is 28.2 Å². The van der Waals surface area contributed by atoms with Gasteiger partial charge in [0.05, 0.1) is 22.9 Å². The third-order valence-corrected chi connectivity index (χ3v) is 7.61. The Balaban J connectivity index is 1.66. The third-order valence-electron chi connectivity index (χ3n) is 6.94. The molecule has 3 aromatic carbocycles. The van der Waals surface area contributed by atoms with E-state index in [9.17, 15) is 14.4 Å². The highest BCUT2D eigenvalue weighted by Crippen LogP contribution is 2.63. The lowest BCUT2D eigenvalue weighted by Gasteiger charge is -2.51. The number of halogens is 1. The second kappa shape index (κ2) is 6.11. The van der Waals surface area contributed by atoms with Crippen LogP contribution < -0.4 is 4.90 Å². The van der Waals surface area contributed by atoms with Crippen molar-refractivity contribution in [3.8, 4) is 0 Å². The second-order valence-corrected chi connectivity index (χ2v) is 9.38. The van der Waals surface area contributed by atoms with E-state index in [1.165, 1.54) is 4.90 Å². The standard InChI is InChI=1S/C25H16INO3/c26-14-6-5-7-15(12-14)27-23(29)21-20-16-8-1-3-10-18(16)25(13-28,22(21)24(27)30)19-11-4-2-9-17(19)20/h1-13,20-22H/t20?,21-,22-,25?/m0/s1. The van der Waals surface area contributed by atoms with Crippen LogP contribution in [-0.4, -0.2) is 18.1 Å². The summed E-state index contributed by atoms with van der Waals surface area (Å²) < 4.78 is 0.945. The van der Waals surface area contributed by atoms with Gasteiger partial charge in [0.25, 0.3) is 0 Å². The lowest BCUT2D eigenvalue weighted by molar-refractivity contribution is -0.128. The van der Waals surface area contributed by atoms with Gasteiger partial charge in [-0.15, -0.1) is 0 Å². The molecule has 146 valence electrons. The summed E-state index contributed by atoms with van der Waals surface area (Å²) >= 11 is 2.17. The van der Waals surface area contributed by atoms with Crippen LogP contribution in [0.3, 0.4) is 0 Å². The van der Waals surface area contributed by atoms with Crippen LogP contribution in [0.4, 0.5) is 5.69 Å².